The van der Waals surface area contributed by atoms with Crippen molar-refractivity contribution in [3.63, 3.8) is 0 Å². The third-order valence-electron chi connectivity index (χ3n) is 4.92. The topological polar surface area (TPSA) is 121 Å². The van der Waals surface area contributed by atoms with Crippen LogP contribution in [-0.2, 0) is 11.2 Å². The van der Waals surface area contributed by atoms with Crippen molar-refractivity contribution in [1.29, 1.82) is 5.26 Å². The van der Waals surface area contributed by atoms with Crippen LogP contribution < -0.4 is 5.32 Å². The number of aryl methyl sites for hydroxylation is 1. The first-order chi connectivity index (χ1) is 15.5. The van der Waals surface area contributed by atoms with Crippen molar-refractivity contribution in [2.45, 2.75) is 20.3 Å². The summed E-state index contributed by atoms with van der Waals surface area (Å²) in [5, 5.41) is 22.8. The zero-order valence-electron chi connectivity index (χ0n) is 17.5. The Labute approximate surface area is 184 Å². The molecule has 4 rings (SSSR count). The number of allylic oxidation sites excluding steroid dienone is 1. The van der Waals surface area contributed by atoms with Gasteiger partial charge < -0.3 is 19.6 Å². The Bertz CT molecular complexity index is 1300. The second-order valence-corrected chi connectivity index (χ2v) is 7.08. The average molecular weight is 428 g/mol. The standard InChI is InChI=1S/C24H20N4O4/c1-3-31-24(30)20-21(29)19(12-16-13-27-22-17(16)5-4-10-26-22)32-23(20)28-18-7-6-15(8-9-25)11-14(18)2/h4-7,10-13,28-29H,3,8H2,1-2H3. The predicted molar refractivity (Wildman–Crippen MR) is 120 cm³/mol. The summed E-state index contributed by atoms with van der Waals surface area (Å²) in [5.41, 5.74) is 3.78. The maximum Gasteiger partial charge on any atom is 0.347 e. The molecule has 3 aromatic rings. The van der Waals surface area contributed by atoms with Gasteiger partial charge >= 0.3 is 5.97 Å². The van der Waals surface area contributed by atoms with E-state index in [4.69, 9.17) is 14.4 Å². The molecule has 0 fully saturated rings. The van der Waals surface area contributed by atoms with E-state index in [1.807, 2.05) is 25.1 Å². The van der Waals surface area contributed by atoms with E-state index in [2.05, 4.69) is 21.4 Å². The number of aromatic hydroxyl groups is 1. The molecule has 0 aliphatic carbocycles. The first kappa shape index (κ1) is 20.9. The summed E-state index contributed by atoms with van der Waals surface area (Å²) in [7, 11) is 0. The molecule has 0 saturated carbocycles. The number of nitriles is 1. The van der Waals surface area contributed by atoms with Gasteiger partial charge in [-0.2, -0.15) is 5.26 Å². The maximum atomic E-state index is 12.6. The average Bonchev–Trinajstić information content (AvgIpc) is 3.32. The highest BCUT2D eigenvalue weighted by atomic mass is 16.5. The Morgan fingerprint density at radius 2 is 2.22 bits per heavy atom. The SMILES string of the molecule is CCOC(=O)c1c(Nc2ccc(CC#N)cc2C)oc(C=C2C=Nc3ncccc32)c1O. The van der Waals surface area contributed by atoms with E-state index in [0.29, 0.717) is 23.5 Å². The molecule has 1 aliphatic heterocycles. The van der Waals surface area contributed by atoms with Crippen LogP contribution in [-0.4, -0.2) is 28.9 Å². The lowest BCUT2D eigenvalue weighted by atomic mass is 10.1. The third-order valence-corrected chi connectivity index (χ3v) is 4.92. The minimum Gasteiger partial charge on any atom is -0.504 e. The monoisotopic (exact) mass is 428 g/mol. The van der Waals surface area contributed by atoms with Crippen LogP contribution in [0.3, 0.4) is 0 Å². The smallest absolute Gasteiger partial charge is 0.347 e. The molecular weight excluding hydrogens is 408 g/mol. The van der Waals surface area contributed by atoms with Gasteiger partial charge in [0, 0.05) is 29.2 Å². The normalized spacial score (nSPS) is 13.1. The number of aliphatic imine (C=N–C) groups is 1. The number of esters is 1. The highest BCUT2D eigenvalue weighted by molar-refractivity contribution is 6.21. The Kier molecular flexibility index (Phi) is 5.73. The van der Waals surface area contributed by atoms with Crippen molar-refractivity contribution in [3.8, 4) is 11.8 Å². The minimum atomic E-state index is -0.707. The number of fused-ring (bicyclic) bond motifs is 1. The molecule has 1 aliphatic rings. The molecule has 8 nitrogen and oxygen atoms in total. The quantitative estimate of drug-likeness (QED) is 0.534. The number of anilines is 2. The number of aromatic nitrogens is 1. The lowest BCUT2D eigenvalue weighted by Crippen LogP contribution is -2.06. The van der Waals surface area contributed by atoms with Crippen LogP contribution in [0, 0.1) is 18.3 Å². The first-order valence-corrected chi connectivity index (χ1v) is 9.99. The molecule has 0 radical (unpaired) electrons. The van der Waals surface area contributed by atoms with Crippen LogP contribution in [0.4, 0.5) is 17.4 Å². The molecular formula is C24H20N4O4. The van der Waals surface area contributed by atoms with Crippen LogP contribution in [0.25, 0.3) is 11.6 Å². The number of hydrogen-bond donors (Lipinski definition) is 2. The Balaban J connectivity index is 1.75. The summed E-state index contributed by atoms with van der Waals surface area (Å²) >= 11 is 0. The molecule has 0 saturated heterocycles. The maximum absolute atomic E-state index is 12.6. The molecule has 0 spiro atoms. The van der Waals surface area contributed by atoms with Gasteiger partial charge in [-0.05, 0) is 49.2 Å². The molecule has 0 amide bonds. The number of pyridine rings is 1. The molecule has 3 heterocycles. The molecule has 0 bridgehead atoms. The van der Waals surface area contributed by atoms with E-state index in [1.165, 1.54) is 0 Å². The fraction of sp³-hybridized carbons (Fsp3) is 0.167. The fourth-order valence-corrected chi connectivity index (χ4v) is 3.39. The van der Waals surface area contributed by atoms with Gasteiger partial charge in [0.1, 0.15) is 0 Å². The van der Waals surface area contributed by atoms with Crippen molar-refractivity contribution in [2.24, 2.45) is 4.99 Å². The zero-order chi connectivity index (χ0) is 22.7. The molecule has 1 aromatic carbocycles. The first-order valence-electron chi connectivity index (χ1n) is 9.99. The van der Waals surface area contributed by atoms with Gasteiger partial charge in [0.15, 0.2) is 22.9 Å². The van der Waals surface area contributed by atoms with Crippen LogP contribution in [0.1, 0.15) is 39.7 Å². The summed E-state index contributed by atoms with van der Waals surface area (Å²) in [6.45, 7) is 3.70. The van der Waals surface area contributed by atoms with Gasteiger partial charge in [0.2, 0.25) is 5.88 Å². The molecule has 32 heavy (non-hydrogen) atoms. The highest BCUT2D eigenvalue weighted by Gasteiger charge is 2.27. The van der Waals surface area contributed by atoms with E-state index < -0.39 is 5.97 Å². The van der Waals surface area contributed by atoms with Gasteiger partial charge in [-0.3, -0.25) is 0 Å². The van der Waals surface area contributed by atoms with Gasteiger partial charge in [-0.25, -0.2) is 14.8 Å². The molecule has 0 atom stereocenters. The second kappa shape index (κ2) is 8.78. The lowest BCUT2D eigenvalue weighted by Gasteiger charge is -2.10. The third kappa shape index (κ3) is 3.96. The number of rotatable bonds is 6. The van der Waals surface area contributed by atoms with E-state index in [0.717, 1.165) is 16.7 Å². The molecule has 8 heteroatoms. The van der Waals surface area contributed by atoms with Gasteiger partial charge in [-0.15, -0.1) is 0 Å². The van der Waals surface area contributed by atoms with Crippen molar-refractivity contribution < 1.29 is 19.1 Å². The summed E-state index contributed by atoms with van der Waals surface area (Å²) in [6.07, 6.45) is 5.17. The number of nitrogens with one attached hydrogen (secondary N) is 1. The Morgan fingerprint density at radius 3 is 2.97 bits per heavy atom. The predicted octanol–water partition coefficient (Wildman–Crippen LogP) is 4.93. The zero-order valence-corrected chi connectivity index (χ0v) is 17.5. The van der Waals surface area contributed by atoms with E-state index in [9.17, 15) is 9.90 Å². The van der Waals surface area contributed by atoms with Crippen LogP contribution >= 0.6 is 0 Å². The Hall–Kier alpha value is -4.38. The van der Waals surface area contributed by atoms with Crippen LogP contribution in [0.15, 0.2) is 45.9 Å². The summed E-state index contributed by atoms with van der Waals surface area (Å²) in [5.74, 6) is -0.315. The van der Waals surface area contributed by atoms with Crippen molar-refractivity contribution in [1.82, 2.24) is 4.98 Å². The molecule has 2 N–H and O–H groups in total. The largest absolute Gasteiger partial charge is 0.504 e. The number of benzene rings is 1. The van der Waals surface area contributed by atoms with Gasteiger partial charge in [-0.1, -0.05) is 12.1 Å². The lowest BCUT2D eigenvalue weighted by molar-refractivity contribution is 0.0524. The summed E-state index contributed by atoms with van der Waals surface area (Å²) in [4.78, 5) is 21.0. The van der Waals surface area contributed by atoms with Gasteiger partial charge in [0.25, 0.3) is 0 Å². The van der Waals surface area contributed by atoms with Crippen molar-refractivity contribution >= 4 is 41.2 Å². The van der Waals surface area contributed by atoms with E-state index in [-0.39, 0.29) is 29.6 Å². The number of nitrogens with zero attached hydrogens (tertiary/aromatic N) is 3. The number of ether oxygens (including phenoxy) is 1. The molecule has 0 unspecified atom stereocenters. The summed E-state index contributed by atoms with van der Waals surface area (Å²) in [6, 6.07) is 11.2. The van der Waals surface area contributed by atoms with E-state index in [1.54, 1.807) is 37.5 Å². The summed E-state index contributed by atoms with van der Waals surface area (Å²) < 4.78 is 11.0. The Morgan fingerprint density at radius 1 is 1.38 bits per heavy atom. The number of carbonyl (C=O) groups is 1. The van der Waals surface area contributed by atoms with Gasteiger partial charge in [0.05, 0.1) is 19.1 Å². The highest BCUT2D eigenvalue weighted by Crippen LogP contribution is 2.39. The number of furan rings is 1. The van der Waals surface area contributed by atoms with Crippen molar-refractivity contribution in [2.75, 3.05) is 11.9 Å². The van der Waals surface area contributed by atoms with Crippen molar-refractivity contribution in [3.05, 3.63) is 64.5 Å². The second-order valence-electron chi connectivity index (χ2n) is 7.08. The van der Waals surface area contributed by atoms with E-state index >= 15 is 0 Å². The fourth-order valence-electron chi connectivity index (χ4n) is 3.39. The number of hydrogen-bond acceptors (Lipinski definition) is 8. The van der Waals surface area contributed by atoms with Crippen LogP contribution in [0.5, 0.6) is 5.75 Å². The molecule has 160 valence electrons. The van der Waals surface area contributed by atoms with Crippen LogP contribution in [0.2, 0.25) is 0 Å². The number of carbonyl (C=O) groups excluding carboxylic acids is 1. The minimum absolute atomic E-state index is 0.0604. The molecule has 2 aromatic heterocycles.